The summed E-state index contributed by atoms with van der Waals surface area (Å²) in [5.41, 5.74) is 11.6. The number of hydrogen-bond donors (Lipinski definition) is 2. The number of carbonyl (C=O) groups is 1. The number of hydrogen-bond acceptors (Lipinski definition) is 3. The van der Waals surface area contributed by atoms with E-state index < -0.39 is 6.04 Å². The molecule has 4 heteroatoms. The number of piperidine rings is 1. The van der Waals surface area contributed by atoms with Crippen molar-refractivity contribution in [1.29, 1.82) is 0 Å². The maximum absolute atomic E-state index is 12.0. The topological polar surface area (TPSA) is 72.4 Å². The molecule has 0 bridgehead atoms. The van der Waals surface area contributed by atoms with Gasteiger partial charge in [0, 0.05) is 19.1 Å². The van der Waals surface area contributed by atoms with E-state index in [1.165, 1.54) is 0 Å². The number of amides is 1. The molecule has 0 saturated carbocycles. The summed E-state index contributed by atoms with van der Waals surface area (Å²) < 4.78 is 0. The van der Waals surface area contributed by atoms with Gasteiger partial charge in [-0.25, -0.2) is 0 Å². The molecule has 0 spiro atoms. The van der Waals surface area contributed by atoms with Gasteiger partial charge in [-0.3, -0.25) is 4.79 Å². The first-order valence-corrected chi connectivity index (χ1v) is 5.62. The van der Waals surface area contributed by atoms with Gasteiger partial charge in [0.05, 0.1) is 6.04 Å². The molecule has 2 atom stereocenters. The van der Waals surface area contributed by atoms with Crippen molar-refractivity contribution in [3.8, 4) is 0 Å². The zero-order valence-corrected chi connectivity index (χ0v) is 9.99. The minimum Gasteiger partial charge on any atom is -0.340 e. The molecule has 1 amide bonds. The van der Waals surface area contributed by atoms with Crippen LogP contribution in [0.4, 0.5) is 0 Å². The summed E-state index contributed by atoms with van der Waals surface area (Å²) in [6.07, 6.45) is 2.00. The van der Waals surface area contributed by atoms with Gasteiger partial charge in [-0.15, -0.1) is 0 Å². The summed E-state index contributed by atoms with van der Waals surface area (Å²) in [4.78, 5) is 13.8. The summed E-state index contributed by atoms with van der Waals surface area (Å²) in [6, 6.07) is -0.308. The van der Waals surface area contributed by atoms with Crippen molar-refractivity contribution in [3.05, 3.63) is 0 Å². The van der Waals surface area contributed by atoms with E-state index in [0.29, 0.717) is 6.54 Å². The summed E-state index contributed by atoms with van der Waals surface area (Å²) in [6.45, 7) is 7.41. The number of nitrogens with two attached hydrogens (primary N) is 2. The Balaban J connectivity index is 2.60. The summed E-state index contributed by atoms with van der Waals surface area (Å²) in [7, 11) is 0. The van der Waals surface area contributed by atoms with Crippen LogP contribution in [0.2, 0.25) is 0 Å². The van der Waals surface area contributed by atoms with E-state index in [4.69, 9.17) is 11.5 Å². The van der Waals surface area contributed by atoms with Gasteiger partial charge in [0.25, 0.3) is 0 Å². The Labute approximate surface area is 92.0 Å². The quantitative estimate of drug-likeness (QED) is 0.658. The number of nitrogens with zero attached hydrogens (tertiary/aromatic N) is 1. The Bertz CT molecular complexity index is 234. The van der Waals surface area contributed by atoms with Crippen LogP contribution in [-0.2, 0) is 4.79 Å². The minimum absolute atomic E-state index is 0.0395. The van der Waals surface area contributed by atoms with Crippen molar-refractivity contribution in [2.24, 2.45) is 16.9 Å². The van der Waals surface area contributed by atoms with Gasteiger partial charge in [0.15, 0.2) is 0 Å². The Kier molecular flexibility index (Phi) is 3.73. The van der Waals surface area contributed by atoms with Gasteiger partial charge in [0.1, 0.15) is 0 Å². The molecule has 0 aromatic heterocycles. The smallest absolute Gasteiger partial charge is 0.240 e. The summed E-state index contributed by atoms with van der Waals surface area (Å²) in [5.74, 6) is 0.0395. The van der Waals surface area contributed by atoms with Gasteiger partial charge in [-0.05, 0) is 18.3 Å². The predicted molar refractivity (Wildman–Crippen MR) is 61.2 cm³/mol. The largest absolute Gasteiger partial charge is 0.340 e. The molecular weight excluding hydrogens is 190 g/mol. The van der Waals surface area contributed by atoms with Crippen molar-refractivity contribution in [2.45, 2.75) is 45.7 Å². The first kappa shape index (κ1) is 12.5. The SMILES string of the molecule is CC(C)(C)[C@H](N)C(=O)N1CCCC(N)C1. The second-order valence-corrected chi connectivity index (χ2v) is 5.53. The third kappa shape index (κ3) is 3.18. The maximum Gasteiger partial charge on any atom is 0.240 e. The molecule has 88 valence electrons. The molecule has 0 aliphatic carbocycles. The standard InChI is InChI=1S/C11H23N3O/c1-11(2,3)9(13)10(15)14-6-4-5-8(12)7-14/h8-9H,4-7,12-13H2,1-3H3/t8?,9-/m1/s1. The fourth-order valence-electron chi connectivity index (χ4n) is 1.78. The van der Waals surface area contributed by atoms with E-state index in [1.807, 2.05) is 25.7 Å². The predicted octanol–water partition coefficient (Wildman–Crippen LogP) is 0.310. The van der Waals surface area contributed by atoms with Crippen molar-refractivity contribution in [1.82, 2.24) is 4.90 Å². The molecule has 1 aliphatic rings. The average molecular weight is 213 g/mol. The van der Waals surface area contributed by atoms with Crippen LogP contribution in [0.1, 0.15) is 33.6 Å². The molecule has 1 heterocycles. The molecule has 1 fully saturated rings. The van der Waals surface area contributed by atoms with E-state index in [2.05, 4.69) is 0 Å². The van der Waals surface area contributed by atoms with Gasteiger partial charge in [0.2, 0.25) is 5.91 Å². The monoisotopic (exact) mass is 213 g/mol. The highest BCUT2D eigenvalue weighted by Crippen LogP contribution is 2.20. The second kappa shape index (κ2) is 4.49. The first-order chi connectivity index (χ1) is 6.82. The molecule has 4 nitrogen and oxygen atoms in total. The molecule has 1 saturated heterocycles. The van der Waals surface area contributed by atoms with Gasteiger partial charge < -0.3 is 16.4 Å². The van der Waals surface area contributed by atoms with Crippen LogP contribution >= 0.6 is 0 Å². The Hall–Kier alpha value is -0.610. The maximum atomic E-state index is 12.0. The Morgan fingerprint density at radius 3 is 2.53 bits per heavy atom. The lowest BCUT2D eigenvalue weighted by Gasteiger charge is -2.36. The minimum atomic E-state index is -0.428. The van der Waals surface area contributed by atoms with E-state index in [1.54, 1.807) is 0 Å². The fourth-order valence-corrected chi connectivity index (χ4v) is 1.78. The fraction of sp³-hybridized carbons (Fsp3) is 0.909. The molecule has 1 aliphatic heterocycles. The van der Waals surface area contributed by atoms with Gasteiger partial charge in [-0.2, -0.15) is 0 Å². The van der Waals surface area contributed by atoms with Crippen LogP contribution in [0.15, 0.2) is 0 Å². The lowest BCUT2D eigenvalue weighted by molar-refractivity contribution is -0.136. The van der Waals surface area contributed by atoms with Crippen LogP contribution in [0, 0.1) is 5.41 Å². The molecule has 4 N–H and O–H groups in total. The molecule has 1 rings (SSSR count). The van der Waals surface area contributed by atoms with Crippen LogP contribution < -0.4 is 11.5 Å². The summed E-state index contributed by atoms with van der Waals surface area (Å²) in [5, 5.41) is 0. The molecule has 1 unspecified atom stereocenters. The normalized spacial score (nSPS) is 25.1. The highest BCUT2D eigenvalue weighted by molar-refractivity contribution is 5.82. The van der Waals surface area contributed by atoms with Crippen LogP contribution in [0.3, 0.4) is 0 Å². The zero-order valence-electron chi connectivity index (χ0n) is 9.99. The number of rotatable bonds is 1. The lowest BCUT2D eigenvalue weighted by atomic mass is 9.86. The Morgan fingerprint density at radius 2 is 2.07 bits per heavy atom. The van der Waals surface area contributed by atoms with Gasteiger partial charge >= 0.3 is 0 Å². The van der Waals surface area contributed by atoms with Crippen LogP contribution in [0.25, 0.3) is 0 Å². The lowest BCUT2D eigenvalue weighted by Crippen LogP contribution is -2.54. The molecule has 0 radical (unpaired) electrons. The molecular formula is C11H23N3O. The molecule has 0 aromatic carbocycles. The summed E-state index contributed by atoms with van der Waals surface area (Å²) >= 11 is 0. The van der Waals surface area contributed by atoms with Crippen molar-refractivity contribution in [2.75, 3.05) is 13.1 Å². The Morgan fingerprint density at radius 1 is 1.47 bits per heavy atom. The van der Waals surface area contributed by atoms with E-state index >= 15 is 0 Å². The third-order valence-electron chi connectivity index (χ3n) is 2.97. The highest BCUT2D eigenvalue weighted by Gasteiger charge is 2.32. The van der Waals surface area contributed by atoms with E-state index in [9.17, 15) is 4.79 Å². The molecule has 15 heavy (non-hydrogen) atoms. The zero-order chi connectivity index (χ0) is 11.6. The van der Waals surface area contributed by atoms with Crippen molar-refractivity contribution >= 4 is 5.91 Å². The van der Waals surface area contributed by atoms with Crippen LogP contribution in [0.5, 0.6) is 0 Å². The van der Waals surface area contributed by atoms with Crippen LogP contribution in [-0.4, -0.2) is 36.0 Å². The second-order valence-electron chi connectivity index (χ2n) is 5.53. The molecule has 0 aromatic rings. The van der Waals surface area contributed by atoms with E-state index in [-0.39, 0.29) is 17.4 Å². The first-order valence-electron chi connectivity index (χ1n) is 5.62. The average Bonchev–Trinajstić information content (AvgIpc) is 2.14. The highest BCUT2D eigenvalue weighted by atomic mass is 16.2. The number of likely N-dealkylation sites (tertiary alicyclic amines) is 1. The van der Waals surface area contributed by atoms with Crippen molar-refractivity contribution in [3.63, 3.8) is 0 Å². The van der Waals surface area contributed by atoms with Gasteiger partial charge in [-0.1, -0.05) is 20.8 Å². The van der Waals surface area contributed by atoms with E-state index in [0.717, 1.165) is 19.4 Å². The number of carbonyl (C=O) groups excluding carboxylic acids is 1. The van der Waals surface area contributed by atoms with Crippen molar-refractivity contribution < 1.29 is 4.79 Å². The third-order valence-corrected chi connectivity index (χ3v) is 2.97.